The fourth-order valence-corrected chi connectivity index (χ4v) is 4.95. The molecule has 1 N–H and O–H groups in total. The van der Waals surface area contributed by atoms with Gasteiger partial charge in [-0.2, -0.15) is 18.3 Å². The molecule has 4 heterocycles. The molecule has 1 aliphatic heterocycles. The second kappa shape index (κ2) is 10.3. The number of carbonyl (C=O) groups excluding carboxylic acids is 1. The number of likely N-dealkylation sites (tertiary alicyclic amines) is 1. The molecule has 0 aliphatic carbocycles. The van der Waals surface area contributed by atoms with Gasteiger partial charge < -0.3 is 10.0 Å². The van der Waals surface area contributed by atoms with Gasteiger partial charge in [0.1, 0.15) is 0 Å². The fourth-order valence-electron chi connectivity index (χ4n) is 4.95. The number of nitrogens with zero attached hydrogens (tertiary/aromatic N) is 5. The van der Waals surface area contributed by atoms with Gasteiger partial charge in [0.2, 0.25) is 0 Å². The van der Waals surface area contributed by atoms with Crippen molar-refractivity contribution in [2.75, 3.05) is 19.6 Å². The zero-order valence-electron chi connectivity index (χ0n) is 21.5. The van der Waals surface area contributed by atoms with Crippen molar-refractivity contribution in [2.45, 2.75) is 64.7 Å². The van der Waals surface area contributed by atoms with E-state index in [1.807, 2.05) is 26.8 Å². The number of aryl methyl sites for hydroxylation is 1. The number of aromatic nitrogens is 4. The predicted molar refractivity (Wildman–Crippen MR) is 133 cm³/mol. The fraction of sp³-hybridized carbons (Fsp3) is 0.481. The van der Waals surface area contributed by atoms with E-state index < -0.39 is 17.3 Å². The van der Waals surface area contributed by atoms with E-state index in [-0.39, 0.29) is 18.0 Å². The van der Waals surface area contributed by atoms with E-state index in [2.05, 4.69) is 15.0 Å². The highest BCUT2D eigenvalue weighted by Crippen LogP contribution is 2.30. The number of pyridine rings is 2. The standard InChI is InChI=1S/C27H32F3N5O2/c1-17-11-19(13-32-25(17)20-7-9-34(10-8-20)16-26(3,4)37)12-23(36)22-15-33-35(18(22)2)24-6-5-21(14-31-24)27(28,29)30/h5-6,11,13-15,20,37H,7-10,12,16H2,1-4H3. The molecule has 1 fully saturated rings. The molecule has 7 nitrogen and oxygen atoms in total. The third kappa shape index (κ3) is 6.42. The van der Waals surface area contributed by atoms with Crippen LogP contribution >= 0.6 is 0 Å². The number of Topliss-reactive ketones (excluding diaryl/α,β-unsaturated/α-hetero) is 1. The second-order valence-corrected chi connectivity index (χ2v) is 10.5. The minimum atomic E-state index is -4.47. The minimum absolute atomic E-state index is 0.144. The molecular formula is C27H32F3N5O2. The lowest BCUT2D eigenvalue weighted by atomic mass is 9.89. The van der Waals surface area contributed by atoms with E-state index in [1.54, 1.807) is 13.1 Å². The summed E-state index contributed by atoms with van der Waals surface area (Å²) in [6, 6.07) is 4.18. The van der Waals surface area contributed by atoms with Crippen molar-refractivity contribution in [3.05, 3.63) is 70.4 Å². The Morgan fingerprint density at radius 1 is 1.08 bits per heavy atom. The van der Waals surface area contributed by atoms with Crippen molar-refractivity contribution in [2.24, 2.45) is 0 Å². The van der Waals surface area contributed by atoms with E-state index in [0.717, 1.165) is 55.0 Å². The van der Waals surface area contributed by atoms with Crippen molar-refractivity contribution in [1.82, 2.24) is 24.6 Å². The first kappa shape index (κ1) is 26.9. The predicted octanol–water partition coefficient (Wildman–Crippen LogP) is 4.67. The van der Waals surface area contributed by atoms with Crippen LogP contribution < -0.4 is 0 Å². The Kier molecular flexibility index (Phi) is 7.52. The summed E-state index contributed by atoms with van der Waals surface area (Å²) in [7, 11) is 0. The molecule has 0 unspecified atom stereocenters. The summed E-state index contributed by atoms with van der Waals surface area (Å²) in [6.07, 6.45) is 1.54. The number of alkyl halides is 3. The largest absolute Gasteiger partial charge is 0.417 e. The maximum absolute atomic E-state index is 13.0. The summed E-state index contributed by atoms with van der Waals surface area (Å²) < 4.78 is 39.8. The smallest absolute Gasteiger partial charge is 0.389 e. The molecule has 1 saturated heterocycles. The number of halogens is 3. The monoisotopic (exact) mass is 515 g/mol. The molecule has 0 bridgehead atoms. The van der Waals surface area contributed by atoms with Crippen LogP contribution in [0.15, 0.2) is 36.8 Å². The van der Waals surface area contributed by atoms with Crippen LogP contribution in [0.3, 0.4) is 0 Å². The maximum atomic E-state index is 13.0. The van der Waals surface area contributed by atoms with Gasteiger partial charge in [0.05, 0.1) is 28.6 Å². The van der Waals surface area contributed by atoms with Crippen LogP contribution in [0.5, 0.6) is 0 Å². The number of hydrogen-bond donors (Lipinski definition) is 1. The number of hydrogen-bond acceptors (Lipinski definition) is 6. The number of rotatable bonds is 7. The molecule has 198 valence electrons. The Morgan fingerprint density at radius 2 is 1.78 bits per heavy atom. The highest BCUT2D eigenvalue weighted by molar-refractivity contribution is 5.98. The van der Waals surface area contributed by atoms with Crippen LogP contribution in [0.1, 0.15) is 71.0 Å². The molecule has 10 heteroatoms. The average molecular weight is 516 g/mol. The number of β-amino-alcohol motifs (C(OH)–C–C–N with tert-alkyl or cyclic N) is 1. The molecule has 37 heavy (non-hydrogen) atoms. The van der Waals surface area contributed by atoms with Crippen LogP contribution in [0.25, 0.3) is 5.82 Å². The molecule has 0 radical (unpaired) electrons. The summed E-state index contributed by atoms with van der Waals surface area (Å²) >= 11 is 0. The lowest BCUT2D eigenvalue weighted by molar-refractivity contribution is -0.137. The van der Waals surface area contributed by atoms with Gasteiger partial charge in [-0.3, -0.25) is 9.78 Å². The topological polar surface area (TPSA) is 84.1 Å². The number of piperidine rings is 1. The van der Waals surface area contributed by atoms with Crippen LogP contribution in [0.4, 0.5) is 13.2 Å². The first-order valence-corrected chi connectivity index (χ1v) is 12.3. The molecule has 0 atom stereocenters. The molecule has 0 aromatic carbocycles. The van der Waals surface area contributed by atoms with Crippen molar-refractivity contribution in [3.8, 4) is 5.82 Å². The first-order valence-electron chi connectivity index (χ1n) is 12.3. The SMILES string of the molecule is Cc1cc(CC(=O)c2cnn(-c3ccc(C(F)(F)F)cn3)c2C)cnc1C1CCN(CC(C)(C)O)CC1. The van der Waals surface area contributed by atoms with Gasteiger partial charge in [0, 0.05) is 37.0 Å². The lowest BCUT2D eigenvalue weighted by Gasteiger charge is -2.35. The first-order chi connectivity index (χ1) is 17.3. The van der Waals surface area contributed by atoms with Crippen molar-refractivity contribution < 1.29 is 23.1 Å². The zero-order valence-corrected chi connectivity index (χ0v) is 21.5. The number of ketones is 1. The number of aliphatic hydroxyl groups is 1. The summed E-state index contributed by atoms with van der Waals surface area (Å²) in [4.78, 5) is 23.9. The molecule has 0 spiro atoms. The van der Waals surface area contributed by atoms with Gasteiger partial charge in [-0.05, 0) is 76.9 Å². The summed E-state index contributed by atoms with van der Waals surface area (Å²) in [5.41, 5.74) is 2.25. The maximum Gasteiger partial charge on any atom is 0.417 e. The van der Waals surface area contributed by atoms with Crippen LogP contribution in [0.2, 0.25) is 0 Å². The molecule has 0 saturated carbocycles. The van der Waals surface area contributed by atoms with Crippen molar-refractivity contribution in [3.63, 3.8) is 0 Å². The third-order valence-electron chi connectivity index (χ3n) is 6.73. The van der Waals surface area contributed by atoms with E-state index in [1.165, 1.54) is 16.9 Å². The average Bonchev–Trinajstić information content (AvgIpc) is 3.20. The van der Waals surface area contributed by atoms with E-state index in [4.69, 9.17) is 4.98 Å². The van der Waals surface area contributed by atoms with Crippen LogP contribution in [-0.2, 0) is 12.6 Å². The molecule has 0 amide bonds. The normalized spacial score (nSPS) is 15.8. The van der Waals surface area contributed by atoms with E-state index >= 15 is 0 Å². The van der Waals surface area contributed by atoms with E-state index in [0.29, 0.717) is 23.7 Å². The second-order valence-electron chi connectivity index (χ2n) is 10.5. The third-order valence-corrected chi connectivity index (χ3v) is 6.73. The van der Waals surface area contributed by atoms with Gasteiger partial charge >= 0.3 is 6.18 Å². The molecule has 4 rings (SSSR count). The zero-order chi connectivity index (χ0) is 27.0. The van der Waals surface area contributed by atoms with Crippen LogP contribution in [0, 0.1) is 13.8 Å². The van der Waals surface area contributed by atoms with Gasteiger partial charge in [-0.15, -0.1) is 0 Å². The van der Waals surface area contributed by atoms with Gasteiger partial charge in [0.25, 0.3) is 0 Å². The Morgan fingerprint density at radius 3 is 2.35 bits per heavy atom. The molecule has 1 aliphatic rings. The summed E-state index contributed by atoms with van der Waals surface area (Å²) in [5, 5.41) is 14.2. The van der Waals surface area contributed by atoms with Gasteiger partial charge in [0.15, 0.2) is 11.6 Å². The Bertz CT molecular complexity index is 1250. The lowest BCUT2D eigenvalue weighted by Crippen LogP contribution is -2.42. The highest BCUT2D eigenvalue weighted by atomic mass is 19.4. The van der Waals surface area contributed by atoms with Gasteiger partial charge in [-0.25, -0.2) is 9.67 Å². The molecule has 3 aromatic heterocycles. The highest BCUT2D eigenvalue weighted by Gasteiger charge is 2.31. The Hall–Kier alpha value is -3.11. The van der Waals surface area contributed by atoms with Gasteiger partial charge in [-0.1, -0.05) is 6.07 Å². The van der Waals surface area contributed by atoms with Crippen LogP contribution in [-0.4, -0.2) is 60.8 Å². The molecular weight excluding hydrogens is 483 g/mol. The Balaban J connectivity index is 1.41. The summed E-state index contributed by atoms with van der Waals surface area (Å²) in [5.74, 6) is 0.407. The Labute approximate surface area is 214 Å². The van der Waals surface area contributed by atoms with E-state index in [9.17, 15) is 23.1 Å². The number of carbonyl (C=O) groups is 1. The van der Waals surface area contributed by atoms with Crippen molar-refractivity contribution >= 4 is 5.78 Å². The van der Waals surface area contributed by atoms with Crippen molar-refractivity contribution in [1.29, 1.82) is 0 Å². The quantitative estimate of drug-likeness (QED) is 0.461. The minimum Gasteiger partial charge on any atom is -0.389 e. The summed E-state index contributed by atoms with van der Waals surface area (Å²) in [6.45, 7) is 9.82. The molecule has 3 aromatic rings.